The summed E-state index contributed by atoms with van der Waals surface area (Å²) >= 11 is 0. The molecule has 4 heteroatoms. The molecule has 2 rings (SSSR count). The van der Waals surface area contributed by atoms with Crippen LogP contribution in [-0.2, 0) is 17.6 Å². The Bertz CT molecular complexity index is 711. The lowest BCUT2D eigenvalue weighted by Crippen LogP contribution is -2.88. The number of ether oxygens (including phenoxy) is 1. The van der Waals surface area contributed by atoms with E-state index in [0.29, 0.717) is 19.0 Å². The molecule has 1 atom stereocenters. The number of quaternary nitrogens is 1. The van der Waals surface area contributed by atoms with E-state index in [-0.39, 0.29) is 11.9 Å². The highest BCUT2D eigenvalue weighted by molar-refractivity contribution is 5.76. The highest BCUT2D eigenvalue weighted by Crippen LogP contribution is 2.18. The summed E-state index contributed by atoms with van der Waals surface area (Å²) in [5.74, 6) is 1.40. The third-order valence-electron chi connectivity index (χ3n) is 4.96. The molecule has 0 aliphatic carbocycles. The average molecular weight is 370 g/mol. The van der Waals surface area contributed by atoms with Gasteiger partial charge in [-0.3, -0.25) is 4.79 Å². The van der Waals surface area contributed by atoms with Crippen molar-refractivity contribution in [2.75, 3.05) is 20.2 Å². The molecule has 0 aliphatic rings. The zero-order valence-electron chi connectivity index (χ0n) is 17.0. The van der Waals surface area contributed by atoms with Crippen molar-refractivity contribution < 1.29 is 14.8 Å². The molecule has 0 spiro atoms. The molecule has 0 bridgehead atoms. The Hall–Kier alpha value is -2.33. The topological polar surface area (TPSA) is 54.9 Å². The van der Waals surface area contributed by atoms with Crippen LogP contribution in [-0.4, -0.2) is 26.1 Å². The smallest absolute Gasteiger partial charge is 0.275 e. The zero-order chi connectivity index (χ0) is 19.6. The van der Waals surface area contributed by atoms with Crippen LogP contribution in [0.3, 0.4) is 0 Å². The summed E-state index contributed by atoms with van der Waals surface area (Å²) in [6.45, 7) is 7.62. The molecule has 27 heavy (non-hydrogen) atoms. The third kappa shape index (κ3) is 6.40. The Kier molecular flexibility index (Phi) is 8.34. The first-order chi connectivity index (χ1) is 13.0. The summed E-state index contributed by atoms with van der Waals surface area (Å²) < 4.78 is 5.35. The molecule has 0 saturated carbocycles. The van der Waals surface area contributed by atoms with Crippen molar-refractivity contribution in [2.24, 2.45) is 5.92 Å². The SMILES string of the molecule is CCc1ccc([C@@H]([NH2+]CC(=O)NCCc2ccccc2OC)C(C)C)cc1. The van der Waals surface area contributed by atoms with Gasteiger partial charge in [0.25, 0.3) is 5.91 Å². The summed E-state index contributed by atoms with van der Waals surface area (Å²) in [4.78, 5) is 12.3. The Labute approximate surface area is 163 Å². The standard InChI is InChI=1S/C23H32N2O2/c1-5-18-10-12-20(13-11-18)23(17(2)3)25-16-22(26)24-15-14-19-8-6-7-9-21(19)27-4/h6-13,17,23,25H,5,14-16H2,1-4H3,(H,24,26)/p+1/t23-/m0/s1. The van der Waals surface area contributed by atoms with E-state index in [4.69, 9.17) is 4.74 Å². The maximum Gasteiger partial charge on any atom is 0.275 e. The lowest BCUT2D eigenvalue weighted by atomic mass is 9.95. The molecule has 0 heterocycles. The van der Waals surface area contributed by atoms with Gasteiger partial charge in [-0.1, -0.05) is 63.2 Å². The van der Waals surface area contributed by atoms with Crippen LogP contribution >= 0.6 is 0 Å². The number of rotatable bonds is 10. The number of nitrogens with one attached hydrogen (secondary N) is 1. The number of hydrogen-bond donors (Lipinski definition) is 2. The van der Waals surface area contributed by atoms with E-state index in [1.54, 1.807) is 7.11 Å². The molecule has 1 amide bonds. The van der Waals surface area contributed by atoms with E-state index in [0.717, 1.165) is 24.2 Å². The van der Waals surface area contributed by atoms with Crippen LogP contribution in [0.15, 0.2) is 48.5 Å². The second kappa shape index (κ2) is 10.7. The molecule has 4 nitrogen and oxygen atoms in total. The summed E-state index contributed by atoms with van der Waals surface area (Å²) in [6.07, 6.45) is 1.81. The summed E-state index contributed by atoms with van der Waals surface area (Å²) in [5.41, 5.74) is 3.74. The quantitative estimate of drug-likeness (QED) is 0.677. The maximum absolute atomic E-state index is 12.3. The normalized spacial score (nSPS) is 12.0. The number of methoxy groups -OCH3 is 1. The van der Waals surface area contributed by atoms with Gasteiger partial charge >= 0.3 is 0 Å². The molecule has 146 valence electrons. The minimum atomic E-state index is 0.0701. The molecule has 2 aromatic carbocycles. The Morgan fingerprint density at radius 1 is 1.11 bits per heavy atom. The molecule has 3 N–H and O–H groups in total. The van der Waals surface area contributed by atoms with E-state index >= 15 is 0 Å². The van der Waals surface area contributed by atoms with Crippen molar-refractivity contribution >= 4 is 5.91 Å². The zero-order valence-corrected chi connectivity index (χ0v) is 17.0. The van der Waals surface area contributed by atoms with E-state index in [2.05, 4.69) is 55.7 Å². The van der Waals surface area contributed by atoms with E-state index < -0.39 is 0 Å². The van der Waals surface area contributed by atoms with Gasteiger partial charge in [0, 0.05) is 18.0 Å². The van der Waals surface area contributed by atoms with E-state index in [1.165, 1.54) is 11.1 Å². The van der Waals surface area contributed by atoms with Crippen LogP contribution < -0.4 is 15.4 Å². The number of amides is 1. The Morgan fingerprint density at radius 3 is 2.44 bits per heavy atom. The van der Waals surface area contributed by atoms with Gasteiger partial charge in [0.05, 0.1) is 7.11 Å². The number of nitrogens with two attached hydrogens (primary N) is 1. The molecule has 0 aliphatic heterocycles. The minimum absolute atomic E-state index is 0.0701. The number of carbonyl (C=O) groups excluding carboxylic acids is 1. The highest BCUT2D eigenvalue weighted by Gasteiger charge is 2.20. The molecular formula is C23H33N2O2+. The molecule has 0 radical (unpaired) electrons. The number of carbonyl (C=O) groups is 1. The molecule has 2 aromatic rings. The second-order valence-electron chi connectivity index (χ2n) is 7.22. The van der Waals surface area contributed by atoms with Crippen LogP contribution in [0.1, 0.15) is 43.5 Å². The maximum atomic E-state index is 12.3. The molecule has 0 unspecified atom stereocenters. The van der Waals surface area contributed by atoms with Crippen molar-refractivity contribution in [2.45, 2.75) is 39.7 Å². The van der Waals surface area contributed by atoms with Crippen molar-refractivity contribution in [3.8, 4) is 5.75 Å². The average Bonchev–Trinajstić information content (AvgIpc) is 2.68. The van der Waals surface area contributed by atoms with Crippen molar-refractivity contribution in [3.05, 3.63) is 65.2 Å². The van der Waals surface area contributed by atoms with Crippen molar-refractivity contribution in [1.82, 2.24) is 5.32 Å². The van der Waals surface area contributed by atoms with Gasteiger partial charge in [-0.15, -0.1) is 0 Å². The lowest BCUT2D eigenvalue weighted by Gasteiger charge is -2.20. The highest BCUT2D eigenvalue weighted by atomic mass is 16.5. The first-order valence-electron chi connectivity index (χ1n) is 9.85. The van der Waals surface area contributed by atoms with Crippen LogP contribution in [0.2, 0.25) is 0 Å². The number of aryl methyl sites for hydroxylation is 1. The van der Waals surface area contributed by atoms with E-state index in [1.807, 2.05) is 24.3 Å². The van der Waals surface area contributed by atoms with Gasteiger partial charge in [0.15, 0.2) is 6.54 Å². The number of para-hydroxylation sites is 1. The summed E-state index contributed by atoms with van der Waals surface area (Å²) in [5, 5.41) is 5.16. The summed E-state index contributed by atoms with van der Waals surface area (Å²) in [6, 6.07) is 17.0. The molecule has 0 fully saturated rings. The van der Waals surface area contributed by atoms with Gasteiger partial charge in [0.1, 0.15) is 11.8 Å². The van der Waals surface area contributed by atoms with E-state index in [9.17, 15) is 4.79 Å². The van der Waals surface area contributed by atoms with Gasteiger partial charge in [-0.25, -0.2) is 0 Å². The Morgan fingerprint density at radius 2 is 1.81 bits per heavy atom. The second-order valence-corrected chi connectivity index (χ2v) is 7.22. The monoisotopic (exact) mass is 369 g/mol. The molecule has 0 aromatic heterocycles. The largest absolute Gasteiger partial charge is 0.496 e. The van der Waals surface area contributed by atoms with Crippen LogP contribution in [0, 0.1) is 5.92 Å². The van der Waals surface area contributed by atoms with Gasteiger partial charge in [-0.2, -0.15) is 0 Å². The first-order valence-corrected chi connectivity index (χ1v) is 9.85. The number of benzene rings is 2. The lowest BCUT2D eigenvalue weighted by molar-refractivity contribution is -0.692. The van der Waals surface area contributed by atoms with Gasteiger partial charge in [-0.05, 0) is 30.0 Å². The molecule has 0 saturated heterocycles. The summed E-state index contributed by atoms with van der Waals surface area (Å²) in [7, 11) is 1.67. The fourth-order valence-corrected chi connectivity index (χ4v) is 3.32. The van der Waals surface area contributed by atoms with Gasteiger partial charge in [0.2, 0.25) is 0 Å². The minimum Gasteiger partial charge on any atom is -0.496 e. The molecular weight excluding hydrogens is 336 g/mol. The van der Waals surface area contributed by atoms with Crippen molar-refractivity contribution in [1.29, 1.82) is 0 Å². The first kappa shape index (κ1) is 21.0. The predicted octanol–water partition coefficient (Wildman–Crippen LogP) is 2.88. The van der Waals surface area contributed by atoms with Gasteiger partial charge < -0.3 is 15.4 Å². The fourth-order valence-electron chi connectivity index (χ4n) is 3.32. The number of hydrogen-bond acceptors (Lipinski definition) is 2. The predicted molar refractivity (Wildman–Crippen MR) is 110 cm³/mol. The Balaban J connectivity index is 1.83. The van der Waals surface area contributed by atoms with Crippen molar-refractivity contribution in [3.63, 3.8) is 0 Å². The van der Waals surface area contributed by atoms with Crippen LogP contribution in [0.4, 0.5) is 0 Å². The van der Waals surface area contributed by atoms with Crippen LogP contribution in [0.25, 0.3) is 0 Å². The van der Waals surface area contributed by atoms with Crippen LogP contribution in [0.5, 0.6) is 5.75 Å². The fraction of sp³-hybridized carbons (Fsp3) is 0.435. The third-order valence-corrected chi connectivity index (χ3v) is 4.96.